The molecule has 0 radical (unpaired) electrons. The molecule has 3 aromatic carbocycles. The highest BCUT2D eigenvalue weighted by Crippen LogP contribution is 2.39. The molecule has 5 rings (SSSR count). The topological polar surface area (TPSA) is 82.6 Å². The molecule has 0 N–H and O–H groups in total. The van der Waals surface area contributed by atoms with Crippen LogP contribution in [0.1, 0.15) is 71.1 Å². The van der Waals surface area contributed by atoms with Gasteiger partial charge < -0.3 is 4.74 Å². The van der Waals surface area contributed by atoms with Gasteiger partial charge in [0, 0.05) is 22.4 Å². The number of benzene rings is 3. The number of halogens is 1. The van der Waals surface area contributed by atoms with Crippen LogP contribution < -0.4 is 0 Å². The van der Waals surface area contributed by atoms with Gasteiger partial charge in [0.1, 0.15) is 12.2 Å². The number of carbonyl (C=O) groups excluding carboxylic acids is 1. The van der Waals surface area contributed by atoms with Gasteiger partial charge in [0.05, 0.1) is 22.5 Å². The summed E-state index contributed by atoms with van der Waals surface area (Å²) >= 11 is 6.12. The molecule has 8 heteroatoms. The molecule has 0 bridgehead atoms. The second kappa shape index (κ2) is 11.7. The molecular weight excluding hydrogens is 534 g/mol. The summed E-state index contributed by atoms with van der Waals surface area (Å²) in [7, 11) is -3.80. The predicted octanol–water partition coefficient (Wildman–Crippen LogP) is 7.55. The van der Waals surface area contributed by atoms with E-state index in [-0.39, 0.29) is 12.2 Å². The van der Waals surface area contributed by atoms with E-state index >= 15 is 0 Å². The first kappa shape index (κ1) is 27.1. The largest absolute Gasteiger partial charge is 0.454 e. The van der Waals surface area contributed by atoms with Crippen LogP contribution in [0.3, 0.4) is 0 Å². The number of hydrogen-bond donors (Lipinski definition) is 0. The molecule has 4 aromatic rings. The average molecular weight is 562 g/mol. The zero-order valence-electron chi connectivity index (χ0n) is 21.4. The van der Waals surface area contributed by atoms with Crippen LogP contribution in [0.2, 0.25) is 5.02 Å². The van der Waals surface area contributed by atoms with Gasteiger partial charge in [0.2, 0.25) is 0 Å². The van der Waals surface area contributed by atoms with Crippen LogP contribution >= 0.6 is 11.6 Å². The van der Waals surface area contributed by atoms with Gasteiger partial charge in [-0.05, 0) is 54.0 Å². The van der Waals surface area contributed by atoms with E-state index < -0.39 is 28.3 Å². The summed E-state index contributed by atoms with van der Waals surface area (Å²) in [6.07, 6.45) is 3.78. The number of fused-ring (bicyclic) bond motifs is 2. The van der Waals surface area contributed by atoms with Crippen molar-refractivity contribution in [3.8, 4) is 0 Å². The van der Waals surface area contributed by atoms with Crippen molar-refractivity contribution in [2.45, 2.75) is 38.4 Å². The Kier molecular flexibility index (Phi) is 8.12. The normalized spacial score (nSPS) is 15.9. The summed E-state index contributed by atoms with van der Waals surface area (Å²) < 4.78 is 37.0. The van der Waals surface area contributed by atoms with Crippen molar-refractivity contribution in [2.75, 3.05) is 5.75 Å². The summed E-state index contributed by atoms with van der Waals surface area (Å²) in [6.45, 7) is 1.93. The number of ether oxygens (including phenoxy) is 1. The minimum absolute atomic E-state index is 0.0711. The van der Waals surface area contributed by atoms with E-state index in [0.717, 1.165) is 34.1 Å². The number of pyridine rings is 1. The maximum Gasteiger partial charge on any atom is 0.339 e. The lowest BCUT2D eigenvalue weighted by Crippen LogP contribution is -2.17. The molecule has 39 heavy (non-hydrogen) atoms. The molecule has 0 aliphatic carbocycles. The zero-order chi connectivity index (χ0) is 27.4. The first-order valence-electron chi connectivity index (χ1n) is 12.9. The molecule has 0 amide bonds. The van der Waals surface area contributed by atoms with E-state index in [2.05, 4.69) is 4.98 Å². The van der Waals surface area contributed by atoms with Gasteiger partial charge in [-0.15, -0.1) is 0 Å². The molecule has 0 saturated carbocycles. The molecule has 0 fully saturated rings. The van der Waals surface area contributed by atoms with Crippen molar-refractivity contribution in [2.24, 2.45) is 0 Å². The number of cyclic esters (lactones) is 1. The minimum Gasteiger partial charge on any atom is -0.454 e. The molecule has 1 aromatic heterocycles. The van der Waals surface area contributed by atoms with Crippen LogP contribution in [-0.2, 0) is 19.0 Å². The average Bonchev–Trinajstić information content (AvgIpc) is 3.25. The van der Waals surface area contributed by atoms with E-state index in [1.165, 1.54) is 0 Å². The van der Waals surface area contributed by atoms with Crippen molar-refractivity contribution in [1.29, 1.82) is 0 Å². The van der Waals surface area contributed by atoms with Crippen molar-refractivity contribution in [3.63, 3.8) is 0 Å². The summed E-state index contributed by atoms with van der Waals surface area (Å²) in [5, 5.41) is 1.62. The second-order valence-corrected chi connectivity index (χ2v) is 11.6. The Bertz CT molecular complexity index is 1650. The molecule has 6 nitrogen and oxygen atoms in total. The lowest BCUT2D eigenvalue weighted by molar-refractivity contribution is 0.0272. The van der Waals surface area contributed by atoms with Crippen LogP contribution in [0.25, 0.3) is 23.1 Å². The highest BCUT2D eigenvalue weighted by atomic mass is 35.5. The van der Waals surface area contributed by atoms with Crippen LogP contribution in [-0.4, -0.2) is 25.1 Å². The van der Waals surface area contributed by atoms with Gasteiger partial charge >= 0.3 is 5.97 Å². The molecule has 2 heterocycles. The SMILES string of the molecule is CCCCS(=O)(=O)O[C@@H](C[C@H]1OC(=O)c2ccccc21)c1cccc(/C=C/c2ccc3ccc(Cl)cc3n2)c1. The zero-order valence-corrected chi connectivity index (χ0v) is 23.0. The van der Waals surface area contributed by atoms with Gasteiger partial charge in [0.25, 0.3) is 10.1 Å². The third-order valence-electron chi connectivity index (χ3n) is 6.62. The molecule has 0 saturated heterocycles. The van der Waals surface area contributed by atoms with Gasteiger partial charge in [-0.1, -0.05) is 79.6 Å². The standard InChI is InChI=1S/C31H28ClNO5S/c1-2-3-17-39(35,36)38-29(20-30-26-9-4-5-10-27(26)31(34)37-30)23-8-6-7-21(18-23)11-15-25-16-13-22-12-14-24(32)19-28(22)33-25/h4-16,18-19,29-30H,2-3,17,20H2,1H3/b15-11+/t29-,30+/m0/s1. The van der Waals surface area contributed by atoms with Crippen molar-refractivity contribution >= 4 is 50.7 Å². The van der Waals surface area contributed by atoms with E-state index in [1.54, 1.807) is 12.1 Å². The number of esters is 1. The predicted molar refractivity (Wildman–Crippen MR) is 154 cm³/mol. The quantitative estimate of drug-likeness (QED) is 0.147. The lowest BCUT2D eigenvalue weighted by atomic mass is 9.96. The Labute approximate surface area is 233 Å². The fourth-order valence-electron chi connectivity index (χ4n) is 4.61. The number of aromatic nitrogens is 1. The van der Waals surface area contributed by atoms with Gasteiger partial charge in [-0.3, -0.25) is 4.18 Å². The number of nitrogens with zero attached hydrogens (tertiary/aromatic N) is 1. The Morgan fingerprint density at radius 1 is 1.03 bits per heavy atom. The van der Waals surface area contributed by atoms with E-state index in [9.17, 15) is 13.2 Å². The molecule has 2 atom stereocenters. The Hall–Kier alpha value is -3.52. The third-order valence-corrected chi connectivity index (χ3v) is 8.17. The molecular formula is C31H28ClNO5S. The number of rotatable bonds is 10. The summed E-state index contributed by atoms with van der Waals surface area (Å²) in [6, 6.07) is 24.1. The second-order valence-electron chi connectivity index (χ2n) is 9.49. The third kappa shape index (κ3) is 6.56. The first-order valence-corrected chi connectivity index (χ1v) is 14.8. The Balaban J connectivity index is 1.42. The summed E-state index contributed by atoms with van der Waals surface area (Å²) in [4.78, 5) is 17.1. The molecule has 200 valence electrons. The highest BCUT2D eigenvalue weighted by Gasteiger charge is 2.34. The fraction of sp³-hybridized carbons (Fsp3) is 0.226. The van der Waals surface area contributed by atoms with E-state index in [0.29, 0.717) is 22.6 Å². The maximum atomic E-state index is 12.8. The number of unbranched alkanes of at least 4 members (excludes halogenated alkanes) is 1. The number of carbonyl (C=O) groups is 1. The van der Waals surface area contributed by atoms with E-state index in [1.807, 2.05) is 85.8 Å². The summed E-state index contributed by atoms with van der Waals surface area (Å²) in [5.41, 5.74) is 4.33. The van der Waals surface area contributed by atoms with Gasteiger partial charge in [-0.2, -0.15) is 8.42 Å². The Morgan fingerprint density at radius 2 is 1.85 bits per heavy atom. The molecule has 0 unspecified atom stereocenters. The smallest absolute Gasteiger partial charge is 0.339 e. The monoisotopic (exact) mass is 561 g/mol. The summed E-state index contributed by atoms with van der Waals surface area (Å²) in [5.74, 6) is -0.484. The molecule has 0 spiro atoms. The lowest BCUT2D eigenvalue weighted by Gasteiger charge is -2.21. The van der Waals surface area contributed by atoms with Crippen LogP contribution in [0.4, 0.5) is 0 Å². The maximum absolute atomic E-state index is 12.8. The van der Waals surface area contributed by atoms with Crippen LogP contribution in [0.5, 0.6) is 0 Å². The highest BCUT2D eigenvalue weighted by molar-refractivity contribution is 7.86. The van der Waals surface area contributed by atoms with Crippen molar-refractivity contribution < 1.29 is 22.1 Å². The minimum atomic E-state index is -3.80. The van der Waals surface area contributed by atoms with Gasteiger partial charge in [-0.25, -0.2) is 9.78 Å². The van der Waals surface area contributed by atoms with Crippen molar-refractivity contribution in [1.82, 2.24) is 4.98 Å². The van der Waals surface area contributed by atoms with Gasteiger partial charge in [0.15, 0.2) is 0 Å². The fourth-order valence-corrected chi connectivity index (χ4v) is 6.06. The molecule has 1 aliphatic heterocycles. The van der Waals surface area contributed by atoms with E-state index in [4.69, 9.17) is 20.5 Å². The number of hydrogen-bond acceptors (Lipinski definition) is 6. The van der Waals surface area contributed by atoms with Crippen LogP contribution in [0.15, 0.2) is 78.9 Å². The van der Waals surface area contributed by atoms with Crippen LogP contribution in [0, 0.1) is 0 Å². The first-order chi connectivity index (χ1) is 18.8. The molecule has 1 aliphatic rings. The van der Waals surface area contributed by atoms with Crippen molar-refractivity contribution in [3.05, 3.63) is 112 Å². The Morgan fingerprint density at radius 3 is 2.69 bits per heavy atom.